The van der Waals surface area contributed by atoms with E-state index in [1.807, 2.05) is 17.9 Å². The largest absolute Gasteiger partial charge is 0.379 e. The Morgan fingerprint density at radius 1 is 1.09 bits per heavy atom. The summed E-state index contributed by atoms with van der Waals surface area (Å²) in [4.78, 5) is 26.5. The summed E-state index contributed by atoms with van der Waals surface area (Å²) >= 11 is 12.1. The Balaban J connectivity index is 1.24. The summed E-state index contributed by atoms with van der Waals surface area (Å²) in [7, 11) is 0. The molecule has 2 aromatic rings. The van der Waals surface area contributed by atoms with Crippen LogP contribution in [0.1, 0.15) is 35.3 Å². The summed E-state index contributed by atoms with van der Waals surface area (Å²) in [6.45, 7) is 6.47. The van der Waals surface area contributed by atoms with Gasteiger partial charge in [0.05, 0.1) is 29.4 Å². The summed E-state index contributed by atoms with van der Waals surface area (Å²) < 4.78 is 11.5. The number of rotatable bonds is 4. The molecule has 8 nitrogen and oxygen atoms in total. The number of hydrogen-bond donors (Lipinski definition) is 1. The zero-order chi connectivity index (χ0) is 23.7. The zero-order valence-corrected chi connectivity index (χ0v) is 20.7. The maximum absolute atomic E-state index is 13.4. The van der Waals surface area contributed by atoms with Gasteiger partial charge in [0.25, 0.3) is 5.91 Å². The molecule has 182 valence electrons. The highest BCUT2D eigenvalue weighted by atomic mass is 35.5. The van der Waals surface area contributed by atoms with E-state index in [9.17, 15) is 4.79 Å². The lowest BCUT2D eigenvalue weighted by molar-refractivity contribution is -0.148. The smallest absolute Gasteiger partial charge is 0.272 e. The number of benzene rings is 1. The van der Waals surface area contributed by atoms with Gasteiger partial charge in [-0.1, -0.05) is 23.2 Å². The van der Waals surface area contributed by atoms with Crippen LogP contribution in [0, 0.1) is 6.92 Å². The fraction of sp³-hybridized carbons (Fsp3) is 0.542. The van der Waals surface area contributed by atoms with Gasteiger partial charge >= 0.3 is 0 Å². The Morgan fingerprint density at radius 2 is 1.91 bits per heavy atom. The number of carbonyl (C=O) groups excluding carboxylic acids is 1. The molecule has 0 spiro atoms. The molecule has 34 heavy (non-hydrogen) atoms. The molecule has 4 heterocycles. The van der Waals surface area contributed by atoms with Crippen molar-refractivity contribution in [3.63, 3.8) is 0 Å². The van der Waals surface area contributed by atoms with Gasteiger partial charge in [0, 0.05) is 49.6 Å². The number of anilines is 2. The molecule has 3 aliphatic rings. The quantitative estimate of drug-likeness (QED) is 0.673. The molecule has 3 aliphatic heterocycles. The van der Waals surface area contributed by atoms with Gasteiger partial charge in [0.2, 0.25) is 0 Å². The van der Waals surface area contributed by atoms with Crippen LogP contribution in [-0.4, -0.2) is 83.3 Å². The van der Waals surface area contributed by atoms with E-state index in [1.165, 1.54) is 6.33 Å². The second kappa shape index (κ2) is 10.3. The summed E-state index contributed by atoms with van der Waals surface area (Å²) in [6, 6.07) is 6.16. The molecule has 2 unspecified atom stereocenters. The minimum atomic E-state index is -0.0542. The standard InChI is InChI=1S/C24H29Cl2N5O3/c1-15-22(27-14-28-23(15)29-16-2-3-18(25)19(26)12-16)24(32)30-7-4-17(5-8-30)31-9-11-34-21-13-33-10-6-20(21)31/h2-3,12,14,17,20-21H,4-11,13H2,1H3,(H,27,28,29). The second-order valence-corrected chi connectivity index (χ2v) is 9.87. The summed E-state index contributed by atoms with van der Waals surface area (Å²) in [6.07, 6.45) is 4.51. The highest BCUT2D eigenvalue weighted by molar-refractivity contribution is 6.42. The van der Waals surface area contributed by atoms with Gasteiger partial charge in [-0.25, -0.2) is 9.97 Å². The number of aromatic nitrogens is 2. The highest BCUT2D eigenvalue weighted by Gasteiger charge is 2.39. The van der Waals surface area contributed by atoms with E-state index >= 15 is 0 Å². The maximum atomic E-state index is 13.4. The predicted octanol–water partition coefficient (Wildman–Crippen LogP) is 3.93. The minimum absolute atomic E-state index is 0.0542. The van der Waals surface area contributed by atoms with E-state index in [0.717, 1.165) is 44.7 Å². The monoisotopic (exact) mass is 505 g/mol. The van der Waals surface area contributed by atoms with E-state index < -0.39 is 0 Å². The molecular weight excluding hydrogens is 477 g/mol. The normalized spacial score (nSPS) is 24.0. The Bertz CT molecular complexity index is 1050. The Labute approximate surface area is 209 Å². The molecule has 0 aliphatic carbocycles. The number of nitrogens with one attached hydrogen (secondary N) is 1. The van der Waals surface area contributed by atoms with Crippen molar-refractivity contribution in [3.05, 3.63) is 45.8 Å². The lowest BCUT2D eigenvalue weighted by Gasteiger charge is -2.49. The summed E-state index contributed by atoms with van der Waals surface area (Å²) in [5.41, 5.74) is 1.87. The third-order valence-corrected chi connectivity index (χ3v) is 7.81. The first-order valence-electron chi connectivity index (χ1n) is 11.8. The fourth-order valence-corrected chi connectivity index (χ4v) is 5.52. The van der Waals surface area contributed by atoms with Crippen LogP contribution in [0.4, 0.5) is 11.5 Å². The first kappa shape index (κ1) is 23.8. The molecule has 0 saturated carbocycles. The highest BCUT2D eigenvalue weighted by Crippen LogP contribution is 2.30. The third-order valence-electron chi connectivity index (χ3n) is 7.07. The molecule has 5 rings (SSSR count). The van der Waals surface area contributed by atoms with Gasteiger partial charge in [0.1, 0.15) is 17.8 Å². The average molecular weight is 506 g/mol. The van der Waals surface area contributed by atoms with Crippen LogP contribution in [0.2, 0.25) is 10.0 Å². The minimum Gasteiger partial charge on any atom is -0.379 e. The van der Waals surface area contributed by atoms with Gasteiger partial charge in [-0.05, 0) is 44.4 Å². The van der Waals surface area contributed by atoms with E-state index in [0.29, 0.717) is 58.9 Å². The van der Waals surface area contributed by atoms with Gasteiger partial charge in [-0.15, -0.1) is 0 Å². The molecule has 2 atom stereocenters. The number of piperidine rings is 1. The van der Waals surface area contributed by atoms with Crippen molar-refractivity contribution in [1.29, 1.82) is 0 Å². The van der Waals surface area contributed by atoms with Crippen LogP contribution in [0.3, 0.4) is 0 Å². The van der Waals surface area contributed by atoms with Crippen molar-refractivity contribution < 1.29 is 14.3 Å². The number of carbonyl (C=O) groups is 1. The number of likely N-dealkylation sites (tertiary alicyclic amines) is 1. The molecule has 0 bridgehead atoms. The molecule has 0 radical (unpaired) electrons. The van der Waals surface area contributed by atoms with Crippen LogP contribution >= 0.6 is 23.2 Å². The Morgan fingerprint density at radius 3 is 2.71 bits per heavy atom. The van der Waals surface area contributed by atoms with Gasteiger partial charge in [0.15, 0.2) is 0 Å². The van der Waals surface area contributed by atoms with Gasteiger partial charge in [-0.2, -0.15) is 0 Å². The number of hydrogen-bond acceptors (Lipinski definition) is 7. The van der Waals surface area contributed by atoms with Crippen molar-refractivity contribution >= 4 is 40.6 Å². The average Bonchev–Trinajstić information content (AvgIpc) is 2.87. The Kier molecular flexibility index (Phi) is 7.22. The fourth-order valence-electron chi connectivity index (χ4n) is 5.22. The number of amides is 1. The number of nitrogens with zero attached hydrogens (tertiary/aromatic N) is 4. The van der Waals surface area contributed by atoms with Crippen LogP contribution in [0.15, 0.2) is 24.5 Å². The van der Waals surface area contributed by atoms with Crippen molar-refractivity contribution in [3.8, 4) is 0 Å². The molecule has 3 fully saturated rings. The first-order valence-corrected chi connectivity index (χ1v) is 12.5. The van der Waals surface area contributed by atoms with Crippen molar-refractivity contribution in [2.24, 2.45) is 0 Å². The van der Waals surface area contributed by atoms with E-state index in [-0.39, 0.29) is 12.0 Å². The number of fused-ring (bicyclic) bond motifs is 1. The molecule has 1 aromatic heterocycles. The molecule has 1 amide bonds. The third kappa shape index (κ3) is 4.88. The predicted molar refractivity (Wildman–Crippen MR) is 131 cm³/mol. The summed E-state index contributed by atoms with van der Waals surface area (Å²) in [5, 5.41) is 4.15. The van der Waals surface area contributed by atoms with Crippen LogP contribution < -0.4 is 5.32 Å². The van der Waals surface area contributed by atoms with E-state index in [4.69, 9.17) is 32.7 Å². The van der Waals surface area contributed by atoms with E-state index in [2.05, 4.69) is 20.2 Å². The summed E-state index contributed by atoms with van der Waals surface area (Å²) in [5.74, 6) is 0.520. The number of morpholine rings is 1. The van der Waals surface area contributed by atoms with Crippen LogP contribution in [0.25, 0.3) is 0 Å². The van der Waals surface area contributed by atoms with Crippen molar-refractivity contribution in [2.75, 3.05) is 44.8 Å². The van der Waals surface area contributed by atoms with Crippen LogP contribution in [0.5, 0.6) is 0 Å². The van der Waals surface area contributed by atoms with Crippen molar-refractivity contribution in [2.45, 2.75) is 44.4 Å². The number of ether oxygens (including phenoxy) is 2. The molecular formula is C24H29Cl2N5O3. The lowest BCUT2D eigenvalue weighted by atomic mass is 9.95. The van der Waals surface area contributed by atoms with Gasteiger partial charge in [-0.3, -0.25) is 9.69 Å². The topological polar surface area (TPSA) is 79.8 Å². The molecule has 1 N–H and O–H groups in total. The maximum Gasteiger partial charge on any atom is 0.272 e. The second-order valence-electron chi connectivity index (χ2n) is 9.05. The lowest BCUT2D eigenvalue weighted by Crippen LogP contribution is -2.60. The molecule has 1 aromatic carbocycles. The SMILES string of the molecule is Cc1c(Nc2ccc(Cl)c(Cl)c2)ncnc1C(=O)N1CCC(N2CCOC3COCCC32)CC1. The van der Waals surface area contributed by atoms with Crippen molar-refractivity contribution in [1.82, 2.24) is 19.8 Å². The van der Waals surface area contributed by atoms with Crippen LogP contribution in [-0.2, 0) is 9.47 Å². The number of halogens is 2. The Hall–Kier alpha value is -1.97. The zero-order valence-electron chi connectivity index (χ0n) is 19.2. The molecule has 3 saturated heterocycles. The molecule has 10 heteroatoms. The first-order chi connectivity index (χ1) is 16.5. The van der Waals surface area contributed by atoms with E-state index in [1.54, 1.807) is 12.1 Å². The van der Waals surface area contributed by atoms with Gasteiger partial charge < -0.3 is 19.7 Å².